The number of ether oxygens (including phenoxy) is 1. The Morgan fingerprint density at radius 2 is 2.38 bits per heavy atom. The van der Waals surface area contributed by atoms with Crippen molar-refractivity contribution in [1.82, 2.24) is 0 Å². The molecule has 0 spiro atoms. The molecule has 0 bridgehead atoms. The minimum atomic E-state index is -0.104. The number of methoxy groups -OCH3 is 1. The maximum Gasteiger partial charge on any atom is 0.306 e. The molecule has 2 atom stereocenters. The molecule has 0 amide bonds. The molecule has 0 N–H and O–H groups in total. The normalized spacial score (nSPS) is 30.2. The number of hydrogen-bond donors (Lipinski definition) is 0. The molecule has 0 aromatic rings. The van der Waals surface area contributed by atoms with E-state index in [0.717, 1.165) is 17.3 Å². The van der Waals surface area contributed by atoms with Crippen LogP contribution in [0, 0.1) is 11.3 Å². The highest BCUT2D eigenvalue weighted by Gasteiger charge is 2.39. The second kappa shape index (κ2) is 6.03. The fourth-order valence-corrected chi connectivity index (χ4v) is 3.95. The highest BCUT2D eigenvalue weighted by molar-refractivity contribution is 14.1. The maximum atomic E-state index is 11.5. The Morgan fingerprint density at radius 3 is 2.94 bits per heavy atom. The van der Waals surface area contributed by atoms with Gasteiger partial charge in [0, 0.05) is 4.43 Å². The van der Waals surface area contributed by atoms with Crippen LogP contribution in [0.25, 0.3) is 0 Å². The number of rotatable bonds is 4. The van der Waals surface area contributed by atoms with Crippen LogP contribution in [0.1, 0.15) is 39.0 Å². The first kappa shape index (κ1) is 14.0. The fourth-order valence-electron chi connectivity index (χ4n) is 2.72. The summed E-state index contributed by atoms with van der Waals surface area (Å²) in [6.45, 7) is 6.45. The Kier molecular flexibility index (Phi) is 5.28. The van der Waals surface area contributed by atoms with Gasteiger partial charge in [-0.05, 0) is 37.0 Å². The summed E-state index contributed by atoms with van der Waals surface area (Å²) >= 11 is 2.41. The third-order valence-electron chi connectivity index (χ3n) is 3.84. The Hall–Kier alpha value is -0.0600. The molecule has 16 heavy (non-hydrogen) atoms. The molecule has 1 aliphatic rings. The van der Waals surface area contributed by atoms with E-state index >= 15 is 0 Å². The average Bonchev–Trinajstić information content (AvgIpc) is 2.24. The second-order valence-corrected chi connectivity index (χ2v) is 6.02. The summed E-state index contributed by atoms with van der Waals surface area (Å²) in [5.41, 5.74) is 1.48. The van der Waals surface area contributed by atoms with Gasteiger partial charge in [0.2, 0.25) is 0 Å². The summed E-state index contributed by atoms with van der Waals surface area (Å²) in [6.07, 6.45) is 5.15. The largest absolute Gasteiger partial charge is 0.469 e. The molecule has 0 heterocycles. The summed E-state index contributed by atoms with van der Waals surface area (Å²) in [7, 11) is 1.46. The third-order valence-corrected chi connectivity index (χ3v) is 4.38. The molecule has 1 fully saturated rings. The van der Waals surface area contributed by atoms with Gasteiger partial charge in [-0.15, -0.1) is 0 Å². The van der Waals surface area contributed by atoms with E-state index < -0.39 is 0 Å². The maximum absolute atomic E-state index is 11.5. The average molecular weight is 336 g/mol. The Balaban J connectivity index is 2.78. The standard InChI is InChI=1S/C13H21IO2/c1-10-5-4-6-13(2,7-8-14)11(10)9-12(15)16-3/h11H,1,4-9H2,2-3H3/t11-,13+/m1/s1. The second-order valence-electron chi connectivity index (χ2n) is 4.94. The van der Waals surface area contributed by atoms with E-state index in [9.17, 15) is 4.79 Å². The van der Waals surface area contributed by atoms with Crippen molar-refractivity contribution < 1.29 is 9.53 Å². The Bertz CT molecular complexity index is 271. The first-order chi connectivity index (χ1) is 7.53. The molecule has 0 aromatic heterocycles. The van der Waals surface area contributed by atoms with Gasteiger partial charge >= 0.3 is 5.97 Å². The van der Waals surface area contributed by atoms with Crippen LogP contribution in [0.15, 0.2) is 12.2 Å². The van der Waals surface area contributed by atoms with Crippen molar-refractivity contribution in [2.45, 2.75) is 39.0 Å². The molecule has 0 aliphatic heterocycles. The van der Waals surface area contributed by atoms with Crippen LogP contribution in [0.4, 0.5) is 0 Å². The van der Waals surface area contributed by atoms with E-state index in [-0.39, 0.29) is 11.4 Å². The Labute approximate surface area is 112 Å². The molecule has 3 heteroatoms. The number of halogens is 1. The van der Waals surface area contributed by atoms with Gasteiger partial charge in [-0.25, -0.2) is 0 Å². The summed E-state index contributed by atoms with van der Waals surface area (Å²) < 4.78 is 5.93. The molecule has 1 saturated carbocycles. The van der Waals surface area contributed by atoms with Gasteiger partial charge in [0.05, 0.1) is 13.5 Å². The molecule has 0 saturated heterocycles. The third kappa shape index (κ3) is 3.22. The monoisotopic (exact) mass is 336 g/mol. The first-order valence-electron chi connectivity index (χ1n) is 5.84. The smallest absolute Gasteiger partial charge is 0.306 e. The molecule has 1 rings (SSSR count). The van der Waals surface area contributed by atoms with Crippen molar-refractivity contribution in [3.8, 4) is 0 Å². The molecule has 0 aromatic carbocycles. The summed E-state index contributed by atoms with van der Waals surface area (Å²) in [5.74, 6) is 0.205. The number of carbonyl (C=O) groups excluding carboxylic acids is 1. The minimum Gasteiger partial charge on any atom is -0.469 e. The van der Waals surface area contributed by atoms with Gasteiger partial charge in [-0.2, -0.15) is 0 Å². The molecular formula is C13H21IO2. The number of carbonyl (C=O) groups is 1. The van der Waals surface area contributed by atoms with Crippen LogP contribution < -0.4 is 0 Å². The zero-order chi connectivity index (χ0) is 12.2. The van der Waals surface area contributed by atoms with Gasteiger partial charge in [-0.1, -0.05) is 41.7 Å². The summed E-state index contributed by atoms with van der Waals surface area (Å²) in [5, 5.41) is 0. The van der Waals surface area contributed by atoms with Gasteiger partial charge in [0.15, 0.2) is 0 Å². The van der Waals surface area contributed by atoms with Crippen molar-refractivity contribution >= 4 is 28.6 Å². The molecule has 0 unspecified atom stereocenters. The van der Waals surface area contributed by atoms with Crippen molar-refractivity contribution in [3.63, 3.8) is 0 Å². The summed E-state index contributed by atoms with van der Waals surface area (Å²) in [6, 6.07) is 0. The number of hydrogen-bond acceptors (Lipinski definition) is 2. The van der Waals surface area contributed by atoms with Crippen LogP contribution in [-0.4, -0.2) is 17.5 Å². The van der Waals surface area contributed by atoms with Crippen molar-refractivity contribution in [2.75, 3.05) is 11.5 Å². The van der Waals surface area contributed by atoms with Gasteiger partial charge in [-0.3, -0.25) is 4.79 Å². The van der Waals surface area contributed by atoms with Gasteiger partial charge < -0.3 is 4.74 Å². The predicted molar refractivity (Wildman–Crippen MR) is 74.7 cm³/mol. The highest BCUT2D eigenvalue weighted by atomic mass is 127. The van der Waals surface area contributed by atoms with Gasteiger partial charge in [0.1, 0.15) is 0 Å². The number of alkyl halides is 1. The molecule has 1 aliphatic carbocycles. The SMILES string of the molecule is C=C1CCC[C@@](C)(CCI)[C@@H]1CC(=O)OC. The molecular weight excluding hydrogens is 315 g/mol. The van der Waals surface area contributed by atoms with E-state index in [1.165, 1.54) is 25.5 Å². The van der Waals surface area contributed by atoms with E-state index in [2.05, 4.69) is 36.1 Å². The number of esters is 1. The van der Waals surface area contributed by atoms with Crippen molar-refractivity contribution in [1.29, 1.82) is 0 Å². The lowest BCUT2D eigenvalue weighted by molar-refractivity contribution is -0.142. The van der Waals surface area contributed by atoms with Crippen LogP contribution in [0.5, 0.6) is 0 Å². The van der Waals surface area contributed by atoms with Crippen LogP contribution in [0.3, 0.4) is 0 Å². The molecule has 92 valence electrons. The van der Waals surface area contributed by atoms with Crippen molar-refractivity contribution in [2.24, 2.45) is 11.3 Å². The number of allylic oxidation sites excluding steroid dienone is 1. The van der Waals surface area contributed by atoms with Gasteiger partial charge in [0.25, 0.3) is 0 Å². The van der Waals surface area contributed by atoms with Crippen molar-refractivity contribution in [3.05, 3.63) is 12.2 Å². The lowest BCUT2D eigenvalue weighted by atomic mass is 9.63. The quantitative estimate of drug-likeness (QED) is 0.338. The van der Waals surface area contributed by atoms with Crippen LogP contribution in [-0.2, 0) is 9.53 Å². The van der Waals surface area contributed by atoms with E-state index in [0.29, 0.717) is 12.3 Å². The summed E-state index contributed by atoms with van der Waals surface area (Å²) in [4.78, 5) is 11.5. The zero-order valence-corrected chi connectivity index (χ0v) is 12.4. The highest BCUT2D eigenvalue weighted by Crippen LogP contribution is 2.47. The van der Waals surface area contributed by atoms with E-state index in [4.69, 9.17) is 4.74 Å². The topological polar surface area (TPSA) is 26.3 Å². The van der Waals surface area contributed by atoms with E-state index in [1.54, 1.807) is 0 Å². The molecule has 0 radical (unpaired) electrons. The predicted octanol–water partition coefficient (Wildman–Crippen LogP) is 3.74. The van der Waals surface area contributed by atoms with Crippen LogP contribution >= 0.6 is 22.6 Å². The first-order valence-corrected chi connectivity index (χ1v) is 7.36. The lowest BCUT2D eigenvalue weighted by Gasteiger charge is -2.42. The minimum absolute atomic E-state index is 0.104. The molecule has 2 nitrogen and oxygen atoms in total. The van der Waals surface area contributed by atoms with E-state index in [1.807, 2.05) is 0 Å². The van der Waals surface area contributed by atoms with Crippen LogP contribution in [0.2, 0.25) is 0 Å². The fraction of sp³-hybridized carbons (Fsp3) is 0.769. The zero-order valence-electron chi connectivity index (χ0n) is 10.2. The lowest BCUT2D eigenvalue weighted by Crippen LogP contribution is -2.34. The Morgan fingerprint density at radius 1 is 1.69 bits per heavy atom.